The van der Waals surface area contributed by atoms with Crippen LogP contribution >= 0.6 is 23.2 Å². The van der Waals surface area contributed by atoms with Gasteiger partial charge in [-0.2, -0.15) is 0 Å². The van der Waals surface area contributed by atoms with E-state index in [1.807, 2.05) is 0 Å². The summed E-state index contributed by atoms with van der Waals surface area (Å²) >= 11 is 14.6. The summed E-state index contributed by atoms with van der Waals surface area (Å²) < 4.78 is 19.3. The molecule has 0 spiro atoms. The molecule has 2 heterocycles. The molecule has 2 N–H and O–H groups in total. The number of alkyl halides is 2. The summed E-state index contributed by atoms with van der Waals surface area (Å²) in [7, 11) is 1.35. The number of allylic oxidation sites excluding steroid dienone is 2. The first-order valence-electron chi connectivity index (χ1n) is 13.5. The van der Waals surface area contributed by atoms with Crippen molar-refractivity contribution >= 4 is 58.5 Å². The highest BCUT2D eigenvalue weighted by molar-refractivity contribution is 6.58. The number of benzene rings is 2. The summed E-state index contributed by atoms with van der Waals surface area (Å²) in [5.74, 6) is -8.38. The first-order valence-corrected chi connectivity index (χ1v) is 14.3. The van der Waals surface area contributed by atoms with Crippen LogP contribution in [-0.4, -0.2) is 68.1 Å². The van der Waals surface area contributed by atoms with E-state index in [1.165, 1.54) is 37.4 Å². The van der Waals surface area contributed by atoms with E-state index in [9.17, 15) is 33.5 Å². The molecule has 4 aliphatic rings. The van der Waals surface area contributed by atoms with Gasteiger partial charge >= 0.3 is 5.97 Å². The molecule has 0 aromatic heterocycles. The van der Waals surface area contributed by atoms with E-state index >= 15 is 0 Å². The first kappa shape index (κ1) is 29.1. The molecule has 1 saturated carbocycles. The number of ether oxygens (including phenoxy) is 1. The lowest BCUT2D eigenvalue weighted by Crippen LogP contribution is -2.60. The van der Waals surface area contributed by atoms with Crippen LogP contribution in [0.2, 0.25) is 0 Å². The summed E-state index contributed by atoms with van der Waals surface area (Å²) in [6, 6.07) is 8.85. The van der Waals surface area contributed by atoms with Gasteiger partial charge in [-0.1, -0.05) is 17.7 Å². The lowest BCUT2D eigenvalue weighted by molar-refractivity contribution is -0.142. The van der Waals surface area contributed by atoms with E-state index in [-0.39, 0.29) is 36.6 Å². The number of imide groups is 2. The van der Waals surface area contributed by atoms with Gasteiger partial charge in [0.05, 0.1) is 31.1 Å². The van der Waals surface area contributed by atoms with Crippen LogP contribution in [0.5, 0.6) is 11.5 Å². The average molecular weight is 631 g/mol. The van der Waals surface area contributed by atoms with E-state index in [0.717, 1.165) is 21.9 Å². The number of carbonyl (C=O) groups is 5. The molecule has 4 amide bonds. The maximum Gasteiger partial charge on any atom is 0.305 e. The highest BCUT2D eigenvalue weighted by atomic mass is 35.5. The number of halogens is 3. The quantitative estimate of drug-likeness (QED) is 0.280. The van der Waals surface area contributed by atoms with E-state index < -0.39 is 75.3 Å². The Morgan fingerprint density at radius 1 is 1.05 bits per heavy atom. The lowest BCUT2D eigenvalue weighted by Gasteiger charge is -2.50. The molecule has 2 aromatic rings. The molecule has 43 heavy (non-hydrogen) atoms. The van der Waals surface area contributed by atoms with Gasteiger partial charge in [-0.3, -0.25) is 28.9 Å². The minimum atomic E-state index is -2.16. The van der Waals surface area contributed by atoms with Crippen LogP contribution in [0.15, 0.2) is 54.1 Å². The van der Waals surface area contributed by atoms with Crippen LogP contribution in [-0.2, 0) is 24.0 Å². The molecule has 10 nitrogen and oxygen atoms in total. The molecule has 0 unspecified atom stereocenters. The molecule has 13 heteroatoms. The molecule has 6 rings (SSSR count). The van der Waals surface area contributed by atoms with Crippen molar-refractivity contribution < 1.29 is 43.3 Å². The SMILES string of the molecule is COc1cc(O)ccc1[C@H]1C2=CC[C@@H]3C(=O)N(CCC(=O)O)C(=O)[C@@H]3[C@@H]2C[C@@]2(Cl)C(=O)N(c3ccc(F)cc3)C(=O)[C@@]12Cl. The maximum absolute atomic E-state index is 14.3. The molecule has 2 saturated heterocycles. The van der Waals surface area contributed by atoms with Crippen molar-refractivity contribution in [3.8, 4) is 11.5 Å². The smallest absolute Gasteiger partial charge is 0.305 e. The number of hydrogen-bond acceptors (Lipinski definition) is 7. The number of nitrogens with zero attached hydrogens (tertiary/aromatic N) is 2. The molecule has 2 aliphatic heterocycles. The number of phenolic OH excluding ortho intramolecular Hbond substituents is 1. The summed E-state index contributed by atoms with van der Waals surface area (Å²) in [4.78, 5) is 64.2. The second-order valence-corrected chi connectivity index (χ2v) is 12.4. The molecule has 6 atom stereocenters. The second kappa shape index (κ2) is 10.1. The van der Waals surface area contributed by atoms with Gasteiger partial charge < -0.3 is 14.9 Å². The van der Waals surface area contributed by atoms with Gasteiger partial charge in [0.15, 0.2) is 9.75 Å². The predicted molar refractivity (Wildman–Crippen MR) is 150 cm³/mol. The molecule has 3 fully saturated rings. The first-order chi connectivity index (χ1) is 20.3. The molecule has 2 aromatic carbocycles. The van der Waals surface area contributed by atoms with Gasteiger partial charge in [-0.25, -0.2) is 9.29 Å². The van der Waals surface area contributed by atoms with Crippen molar-refractivity contribution in [2.75, 3.05) is 18.6 Å². The number of aromatic hydroxyl groups is 1. The van der Waals surface area contributed by atoms with Gasteiger partial charge in [0.1, 0.15) is 17.3 Å². The van der Waals surface area contributed by atoms with Crippen LogP contribution in [0.25, 0.3) is 0 Å². The van der Waals surface area contributed by atoms with Crippen molar-refractivity contribution in [1.82, 2.24) is 4.90 Å². The van der Waals surface area contributed by atoms with E-state index in [4.69, 9.17) is 33.0 Å². The minimum absolute atomic E-state index is 0.0454. The number of likely N-dealkylation sites (tertiary alicyclic amines) is 1. The predicted octanol–water partition coefficient (Wildman–Crippen LogP) is 3.58. The third-order valence-corrected chi connectivity index (χ3v) is 10.5. The number of carboxylic acids is 1. The zero-order valence-electron chi connectivity index (χ0n) is 22.6. The van der Waals surface area contributed by atoms with Gasteiger partial charge in [-0.05, 0) is 49.1 Å². The number of amides is 4. The summed E-state index contributed by atoms with van der Waals surface area (Å²) in [5.41, 5.74) is 0.861. The van der Waals surface area contributed by atoms with E-state index in [0.29, 0.717) is 11.1 Å². The number of methoxy groups -OCH3 is 1. The van der Waals surface area contributed by atoms with Crippen LogP contribution in [0.3, 0.4) is 0 Å². The Morgan fingerprint density at radius 2 is 1.74 bits per heavy atom. The largest absolute Gasteiger partial charge is 0.508 e. The summed E-state index contributed by atoms with van der Waals surface area (Å²) in [6.45, 7) is -0.307. The fourth-order valence-electron chi connectivity index (χ4n) is 7.18. The number of fused-ring (bicyclic) bond motifs is 4. The summed E-state index contributed by atoms with van der Waals surface area (Å²) in [6.07, 6.45) is 1.12. The third kappa shape index (κ3) is 4.01. The number of carbonyl (C=O) groups excluding carboxylic acids is 4. The zero-order valence-corrected chi connectivity index (χ0v) is 24.1. The van der Waals surface area contributed by atoms with Crippen LogP contribution in [0.4, 0.5) is 10.1 Å². The highest BCUT2D eigenvalue weighted by Gasteiger charge is 2.76. The molecular weight excluding hydrogens is 606 g/mol. The van der Waals surface area contributed by atoms with E-state index in [2.05, 4.69) is 0 Å². The van der Waals surface area contributed by atoms with Crippen LogP contribution in [0.1, 0.15) is 30.7 Å². The monoisotopic (exact) mass is 630 g/mol. The zero-order chi connectivity index (χ0) is 31.0. The topological polar surface area (TPSA) is 142 Å². The van der Waals surface area contributed by atoms with Crippen molar-refractivity contribution in [1.29, 1.82) is 0 Å². The normalized spacial score (nSPS) is 31.5. The standard InChI is InChI=1S/C30H25Cl2FN2O8/c1-43-21-12-16(36)6-7-18(21)24-17-8-9-19-23(26(40)34(25(19)39)11-10-22(37)38)20(17)13-29(31)27(41)35(28(42)30(24,29)32)15-4-2-14(33)3-5-15/h2-8,12,19-20,23-24,36H,9-11,13H2,1H3,(H,37,38)/t19-,20+,23-,24+,29+,30-/m0/s1. The fourth-order valence-corrected chi connectivity index (χ4v) is 8.10. The molecule has 2 aliphatic carbocycles. The number of phenols is 1. The maximum atomic E-state index is 14.3. The molecule has 224 valence electrons. The van der Waals surface area contributed by atoms with Gasteiger partial charge in [0, 0.05) is 24.1 Å². The average Bonchev–Trinajstić information content (AvgIpc) is 3.30. The Labute approximate surface area is 254 Å². The highest BCUT2D eigenvalue weighted by Crippen LogP contribution is 2.66. The Kier molecular flexibility index (Phi) is 6.81. The van der Waals surface area contributed by atoms with Crippen molar-refractivity contribution in [3.05, 3.63) is 65.5 Å². The number of hydrogen-bond donors (Lipinski definition) is 2. The second-order valence-electron chi connectivity index (χ2n) is 11.1. The molecular formula is C30H25Cl2FN2O8. The number of carboxylic acid groups (broad SMARTS) is 1. The number of anilines is 1. The summed E-state index contributed by atoms with van der Waals surface area (Å²) in [5, 5.41) is 19.3. The number of aliphatic carboxylic acids is 1. The Hall–Kier alpha value is -3.96. The van der Waals surface area contributed by atoms with Gasteiger partial charge in [0.25, 0.3) is 11.8 Å². The van der Waals surface area contributed by atoms with E-state index in [1.54, 1.807) is 6.08 Å². The van der Waals surface area contributed by atoms with Crippen LogP contribution < -0.4 is 9.64 Å². The number of rotatable bonds is 6. The Morgan fingerprint density at radius 3 is 2.40 bits per heavy atom. The third-order valence-electron chi connectivity index (χ3n) is 9.06. The van der Waals surface area contributed by atoms with Gasteiger partial charge in [0.2, 0.25) is 11.8 Å². The van der Waals surface area contributed by atoms with Crippen molar-refractivity contribution in [3.63, 3.8) is 0 Å². The van der Waals surface area contributed by atoms with Gasteiger partial charge in [-0.15, -0.1) is 23.2 Å². The van der Waals surface area contributed by atoms with Crippen molar-refractivity contribution in [2.24, 2.45) is 17.8 Å². The fraction of sp³-hybridized carbons (Fsp3) is 0.367. The lowest BCUT2D eigenvalue weighted by atomic mass is 9.56. The molecule has 0 radical (unpaired) electrons. The molecule has 0 bridgehead atoms. The minimum Gasteiger partial charge on any atom is -0.508 e. The Balaban J connectivity index is 1.54. The van der Waals surface area contributed by atoms with Crippen LogP contribution in [0, 0.1) is 23.6 Å². The van der Waals surface area contributed by atoms with Crippen molar-refractivity contribution in [2.45, 2.75) is 34.9 Å². The Bertz CT molecular complexity index is 1630.